The number of aromatic nitrogens is 10. The highest BCUT2D eigenvalue weighted by Crippen LogP contribution is 2.29. The Morgan fingerprint density at radius 3 is 0.758 bits per heavy atom. The maximum atomic E-state index is 4.77. The Kier molecular flexibility index (Phi) is 22.0. The lowest BCUT2D eigenvalue weighted by Gasteiger charge is -2.07. The maximum absolute atomic E-state index is 4.77. The molecule has 0 aliphatic rings. The van der Waals surface area contributed by atoms with Crippen molar-refractivity contribution < 1.29 is 0 Å². The van der Waals surface area contributed by atoms with E-state index in [1.54, 1.807) is 24.8 Å². The lowest BCUT2D eigenvalue weighted by Crippen LogP contribution is -1.94. The summed E-state index contributed by atoms with van der Waals surface area (Å²) in [5.41, 5.74) is 24.8. The highest BCUT2D eigenvalue weighted by molar-refractivity contribution is 5.70. The number of rotatable bonds is 10. The summed E-state index contributed by atoms with van der Waals surface area (Å²) in [6, 6.07) is 101. The summed E-state index contributed by atoms with van der Waals surface area (Å²) in [4.78, 5) is 45.2. The van der Waals surface area contributed by atoms with Gasteiger partial charge < -0.3 is 0 Å². The minimum atomic E-state index is 0.777. The number of benzene rings is 6. The van der Waals surface area contributed by atoms with Gasteiger partial charge in [-0.2, -0.15) is 0 Å². The van der Waals surface area contributed by atoms with Crippen molar-refractivity contribution in [3.8, 4) is 113 Å². The summed E-state index contributed by atoms with van der Waals surface area (Å²) in [7, 11) is 0. The molecule has 0 bridgehead atoms. The monoisotopic (exact) mass is 1230 g/mol. The predicted octanol–water partition coefficient (Wildman–Crippen LogP) is 20.6. The fraction of sp³-hybridized carbons (Fsp3) is 0.0588. The van der Waals surface area contributed by atoms with Gasteiger partial charge in [0.25, 0.3) is 0 Å². The van der Waals surface area contributed by atoms with Crippen LogP contribution in [0.1, 0.15) is 27.9 Å². The average Bonchev–Trinajstić information content (AvgIpc) is 1.37. The van der Waals surface area contributed by atoms with Gasteiger partial charge in [-0.1, -0.05) is 200 Å². The Bertz CT molecular complexity index is 3810. The van der Waals surface area contributed by atoms with Crippen molar-refractivity contribution in [1.82, 2.24) is 49.8 Å². The topological polar surface area (TPSA) is 129 Å². The molecule has 460 valence electrons. The molecular formula is C85H70N10. The molecule has 95 heavy (non-hydrogen) atoms. The van der Waals surface area contributed by atoms with Crippen LogP contribution in [0.25, 0.3) is 113 Å². The van der Waals surface area contributed by atoms with E-state index in [4.69, 9.17) is 15.0 Å². The van der Waals surface area contributed by atoms with E-state index in [-0.39, 0.29) is 0 Å². The molecule has 10 nitrogen and oxygen atoms in total. The first-order chi connectivity index (χ1) is 46.6. The molecule has 0 amide bonds. The normalized spacial score (nSPS) is 10.4. The average molecular weight is 1230 g/mol. The summed E-state index contributed by atoms with van der Waals surface area (Å²) in [5.74, 6) is 0.777. The van der Waals surface area contributed by atoms with Crippen LogP contribution in [0.2, 0.25) is 0 Å². The van der Waals surface area contributed by atoms with Crippen LogP contribution in [0.4, 0.5) is 0 Å². The Labute approximate surface area is 556 Å². The molecule has 15 aromatic rings. The molecule has 9 heterocycles. The summed E-state index contributed by atoms with van der Waals surface area (Å²) >= 11 is 0. The van der Waals surface area contributed by atoms with Crippen LogP contribution in [0, 0.1) is 34.6 Å². The molecule has 0 radical (unpaired) electrons. The molecular weight excluding hydrogens is 1160 g/mol. The van der Waals surface area contributed by atoms with Gasteiger partial charge in [0, 0.05) is 75.6 Å². The van der Waals surface area contributed by atoms with Crippen LogP contribution >= 0.6 is 0 Å². The molecule has 0 fully saturated rings. The fourth-order valence-corrected chi connectivity index (χ4v) is 10.3. The summed E-state index contributed by atoms with van der Waals surface area (Å²) < 4.78 is 0. The molecule has 10 heteroatoms. The fourth-order valence-electron chi connectivity index (χ4n) is 10.3. The molecule has 0 saturated carbocycles. The third kappa shape index (κ3) is 18.4. The van der Waals surface area contributed by atoms with Crippen molar-refractivity contribution in [2.24, 2.45) is 0 Å². The zero-order valence-corrected chi connectivity index (χ0v) is 53.7. The van der Waals surface area contributed by atoms with Gasteiger partial charge in [0.2, 0.25) is 0 Å². The van der Waals surface area contributed by atoms with Crippen LogP contribution in [0.15, 0.2) is 334 Å². The highest BCUT2D eigenvalue weighted by atomic mass is 14.9. The van der Waals surface area contributed by atoms with Gasteiger partial charge in [0.05, 0.1) is 68.3 Å². The van der Waals surface area contributed by atoms with Crippen LogP contribution in [-0.2, 0) is 0 Å². The molecule has 0 aliphatic heterocycles. The lowest BCUT2D eigenvalue weighted by atomic mass is 10.1. The third-order valence-electron chi connectivity index (χ3n) is 14.9. The summed E-state index contributed by atoms with van der Waals surface area (Å²) in [6.07, 6.45) is 8.97. The second-order valence-electron chi connectivity index (χ2n) is 22.5. The van der Waals surface area contributed by atoms with Gasteiger partial charge >= 0.3 is 0 Å². The van der Waals surface area contributed by atoms with Crippen molar-refractivity contribution in [3.05, 3.63) is 362 Å². The predicted molar refractivity (Wildman–Crippen MR) is 388 cm³/mol. The van der Waals surface area contributed by atoms with Gasteiger partial charge in [0.1, 0.15) is 0 Å². The first-order valence-corrected chi connectivity index (χ1v) is 31.4. The Balaban J connectivity index is 0.000000121. The van der Waals surface area contributed by atoms with E-state index in [0.29, 0.717) is 0 Å². The number of hydrogen-bond acceptors (Lipinski definition) is 10. The minimum Gasteiger partial charge on any atom is -0.264 e. The highest BCUT2D eigenvalue weighted by Gasteiger charge is 2.11. The van der Waals surface area contributed by atoms with E-state index in [1.165, 1.54) is 16.7 Å². The van der Waals surface area contributed by atoms with Crippen molar-refractivity contribution in [1.29, 1.82) is 0 Å². The summed E-state index contributed by atoms with van der Waals surface area (Å²) in [5, 5.41) is 0. The quantitative estimate of drug-likeness (QED) is 0.130. The molecule has 0 unspecified atom stereocenters. The van der Waals surface area contributed by atoms with Crippen LogP contribution in [0.3, 0.4) is 0 Å². The SMILES string of the molecule is Cc1cc(-c2ccccc2)nc(-c2ccccc2)c1.Cc1cc(-c2ccccc2)nc(-c2ccccc2)n1.Cc1cc(-c2ccccc2)nc(-c2ccccn2)c1.Cc1cc(-c2ccccc2)nc(-c2cccnc2)c1.Cc1cc(-c2ccccn2)nc(-c2ccccn2)c1. The first-order valence-electron chi connectivity index (χ1n) is 31.4. The molecule has 0 atom stereocenters. The summed E-state index contributed by atoms with van der Waals surface area (Å²) in [6.45, 7) is 10.3. The second kappa shape index (κ2) is 32.6. The number of aryl methyl sites for hydroxylation is 5. The zero-order chi connectivity index (χ0) is 65.4. The van der Waals surface area contributed by atoms with Gasteiger partial charge in [-0.15, -0.1) is 0 Å². The van der Waals surface area contributed by atoms with E-state index < -0.39 is 0 Å². The van der Waals surface area contributed by atoms with E-state index in [9.17, 15) is 0 Å². The largest absolute Gasteiger partial charge is 0.264 e. The number of pyridine rings is 8. The smallest absolute Gasteiger partial charge is 0.160 e. The zero-order valence-electron chi connectivity index (χ0n) is 53.7. The van der Waals surface area contributed by atoms with E-state index in [2.05, 4.69) is 160 Å². The van der Waals surface area contributed by atoms with Crippen LogP contribution in [-0.4, -0.2) is 49.8 Å². The van der Waals surface area contributed by atoms with Gasteiger partial charge in [-0.3, -0.25) is 19.9 Å². The van der Waals surface area contributed by atoms with Crippen LogP contribution in [0.5, 0.6) is 0 Å². The molecule has 9 aromatic heterocycles. The van der Waals surface area contributed by atoms with Gasteiger partial charge in [0.15, 0.2) is 5.82 Å². The molecule has 6 aromatic carbocycles. The van der Waals surface area contributed by atoms with Crippen molar-refractivity contribution in [2.75, 3.05) is 0 Å². The maximum Gasteiger partial charge on any atom is 0.160 e. The Hall–Kier alpha value is -12.4. The molecule has 0 saturated heterocycles. The van der Waals surface area contributed by atoms with Gasteiger partial charge in [-0.25, -0.2) is 29.9 Å². The third-order valence-corrected chi connectivity index (χ3v) is 14.9. The van der Waals surface area contributed by atoms with Crippen molar-refractivity contribution >= 4 is 0 Å². The molecule has 0 aliphatic carbocycles. The van der Waals surface area contributed by atoms with Gasteiger partial charge in [-0.05, 0) is 160 Å². The molecule has 0 spiro atoms. The van der Waals surface area contributed by atoms with E-state index >= 15 is 0 Å². The number of hydrogen-bond donors (Lipinski definition) is 0. The molecule has 0 N–H and O–H groups in total. The van der Waals surface area contributed by atoms with Crippen LogP contribution < -0.4 is 0 Å². The lowest BCUT2D eigenvalue weighted by molar-refractivity contribution is 1.11. The first kappa shape index (κ1) is 64.1. The van der Waals surface area contributed by atoms with Crippen molar-refractivity contribution in [2.45, 2.75) is 34.6 Å². The Morgan fingerprint density at radius 2 is 0.453 bits per heavy atom. The second-order valence-corrected chi connectivity index (χ2v) is 22.5. The van der Waals surface area contributed by atoms with E-state index in [1.807, 2.05) is 219 Å². The van der Waals surface area contributed by atoms with Crippen molar-refractivity contribution in [3.63, 3.8) is 0 Å². The number of nitrogens with zero attached hydrogens (tertiary/aromatic N) is 10. The molecule has 15 rings (SSSR count). The Morgan fingerprint density at radius 1 is 0.189 bits per heavy atom. The standard InChI is InChI=1S/C18H15N.3C17H14N2.C16H13N3/c1-14-12-17(15-8-4-2-5-9-15)19-18(13-14)16-10-6-3-7-11-16;1-13-12-16(14-8-4-2-5-9-14)19-17(18-13)15-10-6-3-7-11-15;1-13-11-16(14-7-3-2-4-8-14)19-17(12-13)15-9-5-6-10-18-15;1-13-10-16(14-6-3-2-4-7-14)19-17(11-13)15-8-5-9-18-12-15;1-12-10-15(13-6-2-4-8-17-13)19-16(11-12)14-7-3-5-9-18-14/h2-13H,1H3;3*2-12H,1H3;2-11H,1H3. The van der Waals surface area contributed by atoms with E-state index in [0.717, 1.165) is 124 Å². The minimum absolute atomic E-state index is 0.777.